The van der Waals surface area contributed by atoms with E-state index >= 15 is 0 Å². The minimum atomic E-state index is 0.472. The molecular weight excluding hydrogens is 266 g/mol. The van der Waals surface area contributed by atoms with E-state index < -0.39 is 0 Å². The van der Waals surface area contributed by atoms with Crippen LogP contribution in [0.15, 0.2) is 24.3 Å². The second-order valence-electron chi connectivity index (χ2n) is 4.63. The van der Waals surface area contributed by atoms with Gasteiger partial charge in [0.05, 0.1) is 11.6 Å². The van der Waals surface area contributed by atoms with Gasteiger partial charge in [-0.15, -0.1) is 11.3 Å². The minimum Gasteiger partial charge on any atom is -0.380 e. The van der Waals surface area contributed by atoms with E-state index in [1.54, 1.807) is 11.3 Å². The van der Waals surface area contributed by atoms with Gasteiger partial charge in [-0.3, -0.25) is 0 Å². The Morgan fingerprint density at radius 2 is 2.28 bits per heavy atom. The predicted octanol–water partition coefficient (Wildman–Crippen LogP) is 3.82. The molecule has 0 amide bonds. The lowest BCUT2D eigenvalue weighted by Gasteiger charge is -2.22. The first-order chi connectivity index (χ1) is 8.84. The summed E-state index contributed by atoms with van der Waals surface area (Å²) in [5.41, 5.74) is 0. The molecule has 0 saturated carbocycles. The van der Waals surface area contributed by atoms with E-state index in [4.69, 9.17) is 16.3 Å². The lowest BCUT2D eigenvalue weighted by molar-refractivity contribution is 0.0700. The lowest BCUT2D eigenvalue weighted by Crippen LogP contribution is -2.36. The first kappa shape index (κ1) is 12.4. The molecule has 1 fully saturated rings. The van der Waals surface area contributed by atoms with E-state index in [-0.39, 0.29) is 0 Å². The van der Waals surface area contributed by atoms with Crippen molar-refractivity contribution in [3.05, 3.63) is 34.2 Å². The molecule has 1 aromatic heterocycles. The molecule has 0 spiro atoms. The van der Waals surface area contributed by atoms with Gasteiger partial charge in [-0.05, 0) is 18.9 Å². The maximum atomic E-state index is 6.41. The van der Waals surface area contributed by atoms with E-state index in [0.29, 0.717) is 6.04 Å². The van der Waals surface area contributed by atoms with Crippen LogP contribution in [-0.2, 0) is 11.3 Å². The summed E-state index contributed by atoms with van der Waals surface area (Å²) in [5.74, 6) is 0. The third-order valence-electron chi connectivity index (χ3n) is 3.31. The monoisotopic (exact) mass is 281 g/mol. The number of halogens is 1. The topological polar surface area (TPSA) is 21.3 Å². The molecule has 2 heterocycles. The highest BCUT2D eigenvalue weighted by Gasteiger charge is 2.15. The van der Waals surface area contributed by atoms with Gasteiger partial charge in [-0.2, -0.15) is 0 Å². The molecule has 4 heteroatoms. The van der Waals surface area contributed by atoms with E-state index in [9.17, 15) is 0 Å². The van der Waals surface area contributed by atoms with E-state index in [0.717, 1.165) is 31.2 Å². The Bertz CT molecular complexity index is 534. The van der Waals surface area contributed by atoms with Crippen molar-refractivity contribution in [1.29, 1.82) is 0 Å². The second-order valence-corrected chi connectivity index (χ2v) is 6.15. The molecule has 96 valence electrons. The van der Waals surface area contributed by atoms with Crippen LogP contribution in [0.3, 0.4) is 0 Å². The van der Waals surface area contributed by atoms with Crippen LogP contribution in [0.4, 0.5) is 0 Å². The van der Waals surface area contributed by atoms with Crippen molar-refractivity contribution in [2.24, 2.45) is 0 Å². The molecule has 1 aromatic carbocycles. The molecule has 1 aliphatic heterocycles. The maximum Gasteiger partial charge on any atom is 0.0636 e. The van der Waals surface area contributed by atoms with Gasteiger partial charge < -0.3 is 10.1 Å². The van der Waals surface area contributed by atoms with Gasteiger partial charge in [0.25, 0.3) is 0 Å². The molecule has 2 aromatic rings. The van der Waals surface area contributed by atoms with Crippen molar-refractivity contribution in [3.63, 3.8) is 0 Å². The van der Waals surface area contributed by atoms with Crippen LogP contribution in [0.25, 0.3) is 10.1 Å². The molecular formula is C14H16ClNOS. The molecule has 1 N–H and O–H groups in total. The largest absolute Gasteiger partial charge is 0.380 e. The van der Waals surface area contributed by atoms with Crippen molar-refractivity contribution in [2.45, 2.75) is 25.4 Å². The summed E-state index contributed by atoms with van der Waals surface area (Å²) in [7, 11) is 0. The molecule has 3 rings (SSSR count). The van der Waals surface area contributed by atoms with Crippen LogP contribution in [0.2, 0.25) is 5.02 Å². The zero-order valence-electron chi connectivity index (χ0n) is 10.1. The van der Waals surface area contributed by atoms with Gasteiger partial charge >= 0.3 is 0 Å². The highest BCUT2D eigenvalue weighted by molar-refractivity contribution is 7.19. The molecule has 1 atom stereocenters. The van der Waals surface area contributed by atoms with Crippen LogP contribution in [-0.4, -0.2) is 19.3 Å². The number of rotatable bonds is 3. The van der Waals surface area contributed by atoms with Crippen LogP contribution >= 0.6 is 22.9 Å². The first-order valence-electron chi connectivity index (χ1n) is 6.31. The zero-order valence-corrected chi connectivity index (χ0v) is 11.7. The van der Waals surface area contributed by atoms with Gasteiger partial charge in [0, 0.05) is 34.2 Å². The number of ether oxygens (including phenoxy) is 1. The lowest BCUT2D eigenvalue weighted by atomic mass is 10.1. The van der Waals surface area contributed by atoms with Gasteiger partial charge in [-0.1, -0.05) is 29.8 Å². The zero-order chi connectivity index (χ0) is 12.4. The summed E-state index contributed by atoms with van der Waals surface area (Å²) < 4.78 is 6.73. The highest BCUT2D eigenvalue weighted by atomic mass is 35.5. The summed E-state index contributed by atoms with van der Waals surface area (Å²) >= 11 is 8.19. The fraction of sp³-hybridized carbons (Fsp3) is 0.429. The van der Waals surface area contributed by atoms with E-state index in [1.807, 2.05) is 6.07 Å². The maximum absolute atomic E-state index is 6.41. The first-order valence-corrected chi connectivity index (χ1v) is 7.51. The molecule has 0 radical (unpaired) electrons. The third-order valence-corrected chi connectivity index (χ3v) is 5.03. The summed E-state index contributed by atoms with van der Waals surface area (Å²) in [6.07, 6.45) is 2.35. The normalized spacial score (nSPS) is 20.4. The standard InChI is InChI=1S/C14H16ClNOS/c15-14-11-5-1-2-6-12(11)18-13(14)8-16-10-4-3-7-17-9-10/h1-2,5-6,10,16H,3-4,7-9H2. The van der Waals surface area contributed by atoms with Crippen molar-refractivity contribution in [1.82, 2.24) is 5.32 Å². The van der Waals surface area contributed by atoms with Gasteiger partial charge in [0.1, 0.15) is 0 Å². The Morgan fingerprint density at radius 1 is 1.39 bits per heavy atom. The van der Waals surface area contributed by atoms with Crippen molar-refractivity contribution >= 4 is 33.0 Å². The average molecular weight is 282 g/mol. The Kier molecular flexibility index (Phi) is 3.85. The van der Waals surface area contributed by atoms with Crippen LogP contribution in [0.1, 0.15) is 17.7 Å². The number of nitrogens with one attached hydrogen (secondary N) is 1. The number of benzene rings is 1. The number of hydrogen-bond donors (Lipinski definition) is 1. The predicted molar refractivity (Wildman–Crippen MR) is 77.5 cm³/mol. The van der Waals surface area contributed by atoms with Crippen LogP contribution in [0.5, 0.6) is 0 Å². The molecule has 1 aliphatic rings. The summed E-state index contributed by atoms with van der Waals surface area (Å²) in [6.45, 7) is 2.57. The molecule has 0 aliphatic carbocycles. The van der Waals surface area contributed by atoms with E-state index in [1.165, 1.54) is 21.4 Å². The average Bonchev–Trinajstić information content (AvgIpc) is 2.75. The summed E-state index contributed by atoms with van der Waals surface area (Å²) in [4.78, 5) is 1.23. The highest BCUT2D eigenvalue weighted by Crippen LogP contribution is 2.35. The fourth-order valence-electron chi connectivity index (χ4n) is 2.32. The summed E-state index contributed by atoms with van der Waals surface area (Å²) in [5, 5.41) is 5.61. The Labute approximate surface area is 116 Å². The molecule has 1 saturated heterocycles. The number of fused-ring (bicyclic) bond motifs is 1. The quantitative estimate of drug-likeness (QED) is 0.923. The Balaban J connectivity index is 1.72. The molecule has 2 nitrogen and oxygen atoms in total. The van der Waals surface area contributed by atoms with Crippen molar-refractivity contribution in [3.8, 4) is 0 Å². The Morgan fingerprint density at radius 3 is 3.06 bits per heavy atom. The van der Waals surface area contributed by atoms with E-state index in [2.05, 4.69) is 23.5 Å². The number of hydrogen-bond acceptors (Lipinski definition) is 3. The second kappa shape index (κ2) is 5.57. The molecule has 18 heavy (non-hydrogen) atoms. The molecule has 0 bridgehead atoms. The van der Waals surface area contributed by atoms with Gasteiger partial charge in [-0.25, -0.2) is 0 Å². The summed E-state index contributed by atoms with van der Waals surface area (Å²) in [6, 6.07) is 8.77. The third kappa shape index (κ3) is 2.54. The molecule has 1 unspecified atom stereocenters. The van der Waals surface area contributed by atoms with Crippen LogP contribution in [0, 0.1) is 0 Å². The smallest absolute Gasteiger partial charge is 0.0636 e. The van der Waals surface area contributed by atoms with Crippen molar-refractivity contribution in [2.75, 3.05) is 13.2 Å². The van der Waals surface area contributed by atoms with Gasteiger partial charge in [0.2, 0.25) is 0 Å². The minimum absolute atomic E-state index is 0.472. The Hall–Kier alpha value is -0.610. The van der Waals surface area contributed by atoms with Crippen LogP contribution < -0.4 is 5.32 Å². The van der Waals surface area contributed by atoms with Gasteiger partial charge in [0.15, 0.2) is 0 Å². The SMILES string of the molecule is Clc1c(CNC2CCCOC2)sc2ccccc12. The fourth-order valence-corrected chi connectivity index (χ4v) is 3.77. The van der Waals surface area contributed by atoms with Crippen molar-refractivity contribution < 1.29 is 4.74 Å². The number of thiophene rings is 1.